The van der Waals surface area contributed by atoms with Crippen LogP contribution in [0, 0.1) is 6.92 Å². The summed E-state index contributed by atoms with van der Waals surface area (Å²) in [5.41, 5.74) is -2.61. The zero-order valence-electron chi connectivity index (χ0n) is 17.1. The molecule has 0 aliphatic rings. The van der Waals surface area contributed by atoms with Crippen molar-refractivity contribution < 1.29 is 23.0 Å². The van der Waals surface area contributed by atoms with Crippen LogP contribution in [0.1, 0.15) is 22.9 Å². The minimum atomic E-state index is -4.96. The van der Waals surface area contributed by atoms with Crippen molar-refractivity contribution >= 4 is 33.4 Å². The molecule has 0 saturated carbocycles. The number of nitrogens with zero attached hydrogens (tertiary/aromatic N) is 2. The molecule has 30 heavy (non-hydrogen) atoms. The normalized spacial score (nSPS) is 14.3. The Morgan fingerprint density at radius 3 is 2.50 bits per heavy atom. The van der Waals surface area contributed by atoms with Crippen LogP contribution in [0.2, 0.25) is 0 Å². The lowest BCUT2D eigenvalue weighted by Crippen LogP contribution is -2.43. The number of hydrogen-bond acceptors (Lipinski definition) is 4. The highest BCUT2D eigenvalue weighted by Crippen LogP contribution is 2.51. The summed E-state index contributed by atoms with van der Waals surface area (Å²) in [5, 5.41) is 11.8. The molecule has 2 aromatic carbocycles. The highest BCUT2D eigenvalue weighted by Gasteiger charge is 2.58. The molecule has 4 nitrogen and oxygen atoms in total. The fraction of sp³-hybridized carbons (Fsp3) is 0.318. The van der Waals surface area contributed by atoms with Gasteiger partial charge in [0.1, 0.15) is 5.75 Å². The third-order valence-electron chi connectivity index (χ3n) is 4.99. The predicted octanol–water partition coefficient (Wildman–Crippen LogP) is 5.63. The van der Waals surface area contributed by atoms with Gasteiger partial charge in [-0.1, -0.05) is 18.2 Å². The van der Waals surface area contributed by atoms with Gasteiger partial charge in [0.05, 0.1) is 24.0 Å². The highest BCUT2D eigenvalue weighted by atomic mass is 32.1. The summed E-state index contributed by atoms with van der Waals surface area (Å²) in [6.07, 6.45) is -3.36. The van der Waals surface area contributed by atoms with Crippen LogP contribution in [-0.4, -0.2) is 43.2 Å². The quantitative estimate of drug-likeness (QED) is 0.402. The van der Waals surface area contributed by atoms with Gasteiger partial charge in [-0.05, 0) is 43.0 Å². The van der Waals surface area contributed by atoms with E-state index in [1.807, 2.05) is 18.9 Å². The molecule has 1 heterocycles. The van der Waals surface area contributed by atoms with Crippen molar-refractivity contribution in [1.29, 1.82) is 0 Å². The van der Waals surface area contributed by atoms with Crippen LogP contribution in [0.25, 0.3) is 10.1 Å². The Balaban J connectivity index is 2.21. The second kappa shape index (κ2) is 8.28. The molecule has 0 spiro atoms. The molecule has 0 amide bonds. The van der Waals surface area contributed by atoms with Gasteiger partial charge in [0, 0.05) is 29.9 Å². The van der Waals surface area contributed by atoms with Crippen LogP contribution >= 0.6 is 11.3 Å². The molecule has 1 atom stereocenters. The molecule has 0 fully saturated rings. The summed E-state index contributed by atoms with van der Waals surface area (Å²) >= 11 is 0.910. The first-order valence-electron chi connectivity index (χ1n) is 9.33. The maximum atomic E-state index is 14.3. The number of fused-ring (bicyclic) bond motifs is 1. The van der Waals surface area contributed by atoms with E-state index < -0.39 is 11.8 Å². The molecular weight excluding hydrogens is 413 g/mol. The molecule has 3 rings (SSSR count). The van der Waals surface area contributed by atoms with Gasteiger partial charge < -0.3 is 14.7 Å². The summed E-state index contributed by atoms with van der Waals surface area (Å²) < 4.78 is 48.9. The number of thiophene rings is 1. The van der Waals surface area contributed by atoms with E-state index in [9.17, 15) is 18.3 Å². The monoisotopic (exact) mass is 436 g/mol. The molecule has 0 saturated heterocycles. The summed E-state index contributed by atoms with van der Waals surface area (Å²) in [6, 6.07) is 11.0. The summed E-state index contributed by atoms with van der Waals surface area (Å²) in [4.78, 5) is 5.96. The zero-order valence-corrected chi connectivity index (χ0v) is 17.9. The van der Waals surface area contributed by atoms with Crippen molar-refractivity contribution in [3.8, 4) is 5.75 Å². The molecule has 0 aliphatic heterocycles. The van der Waals surface area contributed by atoms with Gasteiger partial charge in [0.2, 0.25) is 5.60 Å². The minimum Gasteiger partial charge on any atom is -0.496 e. The Kier molecular flexibility index (Phi) is 6.10. The standard InChI is InChI=1S/C22H23F3N2O2S/c1-5-27(3)13-26-17-12-18(29-4)16(10-14(17)2)21(28,22(23,24)25)20-11-15-8-6-7-9-19(15)30-20/h6-13,28H,5H2,1-4H3. The van der Waals surface area contributed by atoms with E-state index in [4.69, 9.17) is 4.74 Å². The van der Waals surface area contributed by atoms with Crippen molar-refractivity contribution in [2.24, 2.45) is 4.99 Å². The van der Waals surface area contributed by atoms with Gasteiger partial charge in [0.15, 0.2) is 0 Å². The number of hydrogen-bond donors (Lipinski definition) is 1. The van der Waals surface area contributed by atoms with E-state index in [0.29, 0.717) is 21.3 Å². The van der Waals surface area contributed by atoms with Crippen LogP contribution in [0.15, 0.2) is 47.5 Å². The maximum Gasteiger partial charge on any atom is 0.426 e. The van der Waals surface area contributed by atoms with Gasteiger partial charge >= 0.3 is 6.18 Å². The van der Waals surface area contributed by atoms with Gasteiger partial charge in [-0.2, -0.15) is 13.2 Å². The average Bonchev–Trinajstić information content (AvgIpc) is 3.15. The molecule has 1 unspecified atom stereocenters. The van der Waals surface area contributed by atoms with Crippen molar-refractivity contribution in [3.05, 3.63) is 58.5 Å². The second-order valence-electron chi connectivity index (χ2n) is 7.01. The fourth-order valence-electron chi connectivity index (χ4n) is 3.10. The van der Waals surface area contributed by atoms with Crippen LogP contribution < -0.4 is 4.74 Å². The Bertz CT molecular complexity index is 1040. The van der Waals surface area contributed by atoms with E-state index in [1.165, 1.54) is 25.3 Å². The largest absolute Gasteiger partial charge is 0.496 e. The Morgan fingerprint density at radius 1 is 1.20 bits per heavy atom. The van der Waals surface area contributed by atoms with Crippen molar-refractivity contribution in [3.63, 3.8) is 0 Å². The van der Waals surface area contributed by atoms with Crippen LogP contribution in [0.3, 0.4) is 0 Å². The number of aryl methyl sites for hydroxylation is 1. The van der Waals surface area contributed by atoms with E-state index >= 15 is 0 Å². The fourth-order valence-corrected chi connectivity index (χ4v) is 4.28. The topological polar surface area (TPSA) is 45.1 Å². The van der Waals surface area contributed by atoms with Crippen LogP contribution in [-0.2, 0) is 5.60 Å². The molecule has 0 radical (unpaired) electrons. The van der Waals surface area contributed by atoms with E-state index in [2.05, 4.69) is 4.99 Å². The second-order valence-corrected chi connectivity index (χ2v) is 8.10. The number of ether oxygens (including phenoxy) is 1. The van der Waals surface area contributed by atoms with Crippen LogP contribution in [0.4, 0.5) is 18.9 Å². The average molecular weight is 436 g/mol. The molecule has 0 bridgehead atoms. The summed E-state index contributed by atoms with van der Waals surface area (Å²) in [5.74, 6) is -0.0795. The number of rotatable bonds is 6. The SMILES string of the molecule is CCN(C)C=Nc1cc(OC)c(C(O)(c2cc3ccccc3s2)C(F)(F)F)cc1C. The number of methoxy groups -OCH3 is 1. The van der Waals surface area contributed by atoms with E-state index in [0.717, 1.165) is 17.9 Å². The Labute approximate surface area is 177 Å². The molecular formula is C22H23F3N2O2S. The smallest absolute Gasteiger partial charge is 0.426 e. The Morgan fingerprint density at radius 2 is 1.90 bits per heavy atom. The molecule has 3 aromatic rings. The Hall–Kier alpha value is -2.58. The van der Waals surface area contributed by atoms with Gasteiger partial charge in [-0.3, -0.25) is 0 Å². The predicted molar refractivity (Wildman–Crippen MR) is 115 cm³/mol. The minimum absolute atomic E-state index is 0.0795. The third kappa shape index (κ3) is 3.89. The number of benzene rings is 2. The van der Waals surface area contributed by atoms with Crippen molar-refractivity contribution in [2.45, 2.75) is 25.6 Å². The lowest BCUT2D eigenvalue weighted by Gasteiger charge is -2.31. The summed E-state index contributed by atoms with van der Waals surface area (Å²) in [7, 11) is 3.12. The number of alkyl halides is 3. The van der Waals surface area contributed by atoms with Gasteiger partial charge in [-0.15, -0.1) is 11.3 Å². The molecule has 1 N–H and O–H groups in total. The molecule has 0 aliphatic carbocycles. The van der Waals surface area contributed by atoms with Crippen molar-refractivity contribution in [2.75, 3.05) is 20.7 Å². The van der Waals surface area contributed by atoms with Crippen LogP contribution in [0.5, 0.6) is 5.75 Å². The van der Waals surface area contributed by atoms with E-state index in [1.54, 1.807) is 37.5 Å². The van der Waals surface area contributed by atoms with Gasteiger partial charge in [0.25, 0.3) is 0 Å². The maximum absolute atomic E-state index is 14.3. The summed E-state index contributed by atoms with van der Waals surface area (Å²) in [6.45, 7) is 4.35. The van der Waals surface area contributed by atoms with Gasteiger partial charge in [-0.25, -0.2) is 4.99 Å². The first kappa shape index (κ1) is 22.1. The number of aliphatic hydroxyl groups is 1. The molecule has 160 valence electrons. The lowest BCUT2D eigenvalue weighted by molar-refractivity contribution is -0.247. The number of halogens is 3. The third-order valence-corrected chi connectivity index (χ3v) is 6.22. The highest BCUT2D eigenvalue weighted by molar-refractivity contribution is 7.19. The first-order valence-corrected chi connectivity index (χ1v) is 10.1. The molecule has 8 heteroatoms. The zero-order chi connectivity index (χ0) is 22.1. The lowest BCUT2D eigenvalue weighted by atomic mass is 9.88. The number of aliphatic imine (C=N–C) groups is 1. The van der Waals surface area contributed by atoms with E-state index in [-0.39, 0.29) is 16.2 Å². The first-order chi connectivity index (χ1) is 14.1. The molecule has 1 aromatic heterocycles. The van der Waals surface area contributed by atoms with Crippen molar-refractivity contribution in [1.82, 2.24) is 4.90 Å².